The van der Waals surface area contributed by atoms with Gasteiger partial charge in [0.25, 0.3) is 5.91 Å². The number of carbonyl (C=O) groups excluding carboxylic acids is 2. The molecule has 9 heteroatoms. The molecule has 1 heterocycles. The van der Waals surface area contributed by atoms with E-state index in [-0.39, 0.29) is 22.6 Å². The van der Waals surface area contributed by atoms with E-state index in [0.29, 0.717) is 10.6 Å². The molecule has 0 bridgehead atoms. The van der Waals surface area contributed by atoms with Crippen molar-refractivity contribution in [1.29, 1.82) is 0 Å². The van der Waals surface area contributed by atoms with Crippen LogP contribution >= 0.6 is 11.3 Å². The Kier molecular flexibility index (Phi) is 6.74. The number of thiophene rings is 1. The molecule has 0 saturated heterocycles. The predicted octanol–water partition coefficient (Wildman–Crippen LogP) is 2.39. The van der Waals surface area contributed by atoms with Gasteiger partial charge in [0.1, 0.15) is 6.04 Å². The minimum atomic E-state index is -3.53. The summed E-state index contributed by atoms with van der Waals surface area (Å²) >= 11 is 1.30. The van der Waals surface area contributed by atoms with Crippen LogP contribution in [-0.2, 0) is 14.8 Å². The van der Waals surface area contributed by atoms with Crippen LogP contribution in [0.1, 0.15) is 23.5 Å². The van der Waals surface area contributed by atoms with Crippen molar-refractivity contribution in [3.8, 4) is 0 Å². The number of sulfonamides is 1. The molecular weight excluding hydrogens is 386 g/mol. The van der Waals surface area contributed by atoms with Crippen LogP contribution in [0, 0.1) is 5.92 Å². The number of nitrogens with zero attached hydrogens (tertiary/aromatic N) is 1. The summed E-state index contributed by atoms with van der Waals surface area (Å²) in [6, 6.07) is 8.65. The third-order valence-electron chi connectivity index (χ3n) is 3.88. The van der Waals surface area contributed by atoms with E-state index < -0.39 is 16.1 Å². The van der Waals surface area contributed by atoms with Gasteiger partial charge in [0.2, 0.25) is 15.9 Å². The van der Waals surface area contributed by atoms with Crippen molar-refractivity contribution in [2.45, 2.75) is 24.8 Å². The minimum Gasteiger partial charge on any atom is -0.339 e. The Morgan fingerprint density at radius 3 is 2.19 bits per heavy atom. The highest BCUT2D eigenvalue weighted by Gasteiger charge is 2.25. The smallest absolute Gasteiger partial charge is 0.262 e. The van der Waals surface area contributed by atoms with Crippen LogP contribution in [0.25, 0.3) is 0 Å². The number of nitrogens with one attached hydrogen (secondary N) is 2. The molecule has 27 heavy (non-hydrogen) atoms. The molecule has 0 radical (unpaired) electrons. The minimum absolute atomic E-state index is 0.123. The Morgan fingerprint density at radius 1 is 1.07 bits per heavy atom. The molecule has 0 aliphatic carbocycles. The number of amides is 2. The average molecular weight is 410 g/mol. The quantitative estimate of drug-likeness (QED) is 0.734. The fourth-order valence-electron chi connectivity index (χ4n) is 2.30. The first-order valence-corrected chi connectivity index (χ1v) is 10.6. The van der Waals surface area contributed by atoms with Crippen molar-refractivity contribution in [2.75, 3.05) is 19.4 Å². The van der Waals surface area contributed by atoms with Gasteiger partial charge < -0.3 is 10.6 Å². The zero-order chi connectivity index (χ0) is 20.2. The fourth-order valence-corrected chi connectivity index (χ4v) is 3.82. The molecular formula is C18H23N3O4S2. The van der Waals surface area contributed by atoms with E-state index in [2.05, 4.69) is 10.6 Å². The van der Waals surface area contributed by atoms with E-state index in [1.807, 2.05) is 13.8 Å². The molecule has 7 nitrogen and oxygen atoms in total. The molecule has 0 aliphatic heterocycles. The standard InChI is InChI=1S/C18H23N3O4S2/c1-12(2)16(20-17(22)15-6-5-11-26-15)18(23)19-13-7-9-14(10-8-13)27(24,25)21(3)4/h5-12,16H,1-4H3,(H,19,23)(H,20,22)/t16-/m0/s1. The van der Waals surface area contributed by atoms with Gasteiger partial charge >= 0.3 is 0 Å². The van der Waals surface area contributed by atoms with Gasteiger partial charge in [-0.1, -0.05) is 19.9 Å². The molecule has 2 rings (SSSR count). The lowest BCUT2D eigenvalue weighted by Crippen LogP contribution is -2.46. The van der Waals surface area contributed by atoms with Crippen molar-refractivity contribution in [1.82, 2.24) is 9.62 Å². The third-order valence-corrected chi connectivity index (χ3v) is 6.58. The van der Waals surface area contributed by atoms with Crippen molar-refractivity contribution in [3.05, 3.63) is 46.7 Å². The van der Waals surface area contributed by atoms with Crippen LogP contribution in [0.3, 0.4) is 0 Å². The SMILES string of the molecule is CC(C)[C@H](NC(=O)c1cccs1)C(=O)Nc1ccc(S(=O)(=O)N(C)C)cc1. The molecule has 2 aromatic rings. The number of hydrogen-bond acceptors (Lipinski definition) is 5. The van der Waals surface area contributed by atoms with Crippen LogP contribution in [-0.4, -0.2) is 44.7 Å². The van der Waals surface area contributed by atoms with Gasteiger partial charge in [0.15, 0.2) is 0 Å². The van der Waals surface area contributed by atoms with E-state index in [0.717, 1.165) is 4.31 Å². The fraction of sp³-hybridized carbons (Fsp3) is 0.333. The maximum atomic E-state index is 12.6. The topological polar surface area (TPSA) is 95.6 Å². The second-order valence-electron chi connectivity index (χ2n) is 6.47. The highest BCUT2D eigenvalue weighted by molar-refractivity contribution is 7.89. The van der Waals surface area contributed by atoms with Gasteiger partial charge in [0, 0.05) is 19.8 Å². The van der Waals surface area contributed by atoms with Gasteiger partial charge in [-0.25, -0.2) is 12.7 Å². The van der Waals surface area contributed by atoms with Crippen LogP contribution in [0.5, 0.6) is 0 Å². The summed E-state index contributed by atoms with van der Waals surface area (Å²) in [5.41, 5.74) is 0.453. The summed E-state index contributed by atoms with van der Waals surface area (Å²) in [4.78, 5) is 25.5. The molecule has 146 valence electrons. The Labute approximate surface area is 163 Å². The van der Waals surface area contributed by atoms with Crippen LogP contribution in [0.15, 0.2) is 46.7 Å². The lowest BCUT2D eigenvalue weighted by atomic mass is 10.0. The van der Waals surface area contributed by atoms with E-state index in [1.54, 1.807) is 17.5 Å². The number of rotatable bonds is 7. The molecule has 0 spiro atoms. The van der Waals surface area contributed by atoms with Crippen molar-refractivity contribution in [2.24, 2.45) is 5.92 Å². The zero-order valence-electron chi connectivity index (χ0n) is 15.6. The van der Waals surface area contributed by atoms with Gasteiger partial charge in [-0.2, -0.15) is 0 Å². The monoisotopic (exact) mass is 409 g/mol. The third kappa shape index (κ3) is 5.15. The maximum absolute atomic E-state index is 12.6. The van der Waals surface area contributed by atoms with Gasteiger partial charge in [-0.05, 0) is 41.6 Å². The molecule has 0 aliphatic rings. The molecule has 1 aromatic carbocycles. The zero-order valence-corrected chi connectivity index (χ0v) is 17.2. The van der Waals surface area contributed by atoms with Crippen molar-refractivity contribution in [3.63, 3.8) is 0 Å². The highest BCUT2D eigenvalue weighted by atomic mass is 32.2. The van der Waals surface area contributed by atoms with E-state index in [1.165, 1.54) is 49.7 Å². The van der Waals surface area contributed by atoms with Crippen molar-refractivity contribution < 1.29 is 18.0 Å². The Balaban J connectivity index is 2.10. The van der Waals surface area contributed by atoms with E-state index >= 15 is 0 Å². The Morgan fingerprint density at radius 2 is 1.70 bits per heavy atom. The average Bonchev–Trinajstić information content (AvgIpc) is 3.14. The summed E-state index contributed by atoms with van der Waals surface area (Å²) in [5, 5.41) is 7.26. The van der Waals surface area contributed by atoms with E-state index in [4.69, 9.17) is 0 Å². The molecule has 1 atom stereocenters. The molecule has 0 unspecified atom stereocenters. The molecule has 0 fully saturated rings. The number of benzene rings is 1. The molecule has 1 aromatic heterocycles. The number of anilines is 1. The molecule has 2 N–H and O–H groups in total. The maximum Gasteiger partial charge on any atom is 0.262 e. The lowest BCUT2D eigenvalue weighted by Gasteiger charge is -2.21. The van der Waals surface area contributed by atoms with Crippen molar-refractivity contribution >= 4 is 38.9 Å². The molecule has 2 amide bonds. The summed E-state index contributed by atoms with van der Waals surface area (Å²) in [6.07, 6.45) is 0. The first-order chi connectivity index (χ1) is 12.6. The number of hydrogen-bond donors (Lipinski definition) is 2. The van der Waals surface area contributed by atoms with Crippen LogP contribution < -0.4 is 10.6 Å². The summed E-state index contributed by atoms with van der Waals surface area (Å²) in [6.45, 7) is 3.68. The van der Waals surface area contributed by atoms with Gasteiger partial charge in [-0.3, -0.25) is 9.59 Å². The first-order valence-electron chi connectivity index (χ1n) is 8.30. The van der Waals surface area contributed by atoms with E-state index in [9.17, 15) is 18.0 Å². The largest absolute Gasteiger partial charge is 0.339 e. The van der Waals surface area contributed by atoms with Gasteiger partial charge in [0.05, 0.1) is 9.77 Å². The number of carbonyl (C=O) groups is 2. The first kappa shape index (κ1) is 21.1. The highest BCUT2D eigenvalue weighted by Crippen LogP contribution is 2.17. The van der Waals surface area contributed by atoms with Crippen LogP contribution in [0.4, 0.5) is 5.69 Å². The normalized spacial score (nSPS) is 12.8. The van der Waals surface area contributed by atoms with Gasteiger partial charge in [-0.15, -0.1) is 11.3 Å². The summed E-state index contributed by atoms with van der Waals surface area (Å²) < 4.78 is 25.3. The van der Waals surface area contributed by atoms with Crippen LogP contribution in [0.2, 0.25) is 0 Å². The lowest BCUT2D eigenvalue weighted by molar-refractivity contribution is -0.118. The second-order valence-corrected chi connectivity index (χ2v) is 9.57. The summed E-state index contributed by atoms with van der Waals surface area (Å²) in [7, 11) is -0.622. The predicted molar refractivity (Wildman–Crippen MR) is 106 cm³/mol. The summed E-state index contributed by atoms with van der Waals surface area (Å²) in [5.74, 6) is -0.785. The second kappa shape index (κ2) is 8.64. The Hall–Kier alpha value is -2.23. The Bertz CT molecular complexity index is 889. The molecule has 0 saturated carbocycles.